The van der Waals surface area contributed by atoms with Gasteiger partial charge in [-0.3, -0.25) is 0 Å². The van der Waals surface area contributed by atoms with Crippen LogP contribution in [0, 0.1) is 6.92 Å². The van der Waals surface area contributed by atoms with Crippen LogP contribution in [0.4, 0.5) is 0 Å². The zero-order chi connectivity index (χ0) is 6.85. The number of aromatic amines is 1. The van der Waals surface area contributed by atoms with Crippen LogP contribution in [0.2, 0.25) is 0 Å². The van der Waals surface area contributed by atoms with Crippen LogP contribution in [-0.2, 0) is 13.5 Å². The molecule has 0 saturated carbocycles. The Bertz CT molecular complexity index is 201. The van der Waals surface area contributed by atoms with Gasteiger partial charge in [0.2, 0.25) is 0 Å². The summed E-state index contributed by atoms with van der Waals surface area (Å²) in [6.07, 6.45) is 3.17. The maximum Gasteiger partial charge on any atom is 0.253 e. The minimum absolute atomic E-state index is 1.07. The maximum atomic E-state index is 3.26. The van der Waals surface area contributed by atoms with E-state index in [0.717, 1.165) is 6.42 Å². The molecular formula is C7H13N2+. The Kier molecular flexibility index (Phi) is 1.56. The standard InChI is InChI=1S/C7H12N2/c1-4-7-8-6(2)5-9(7)3/h5H,4H2,1-3H3/p+1. The number of hydrogen-bond acceptors (Lipinski definition) is 0. The molecular weight excluding hydrogens is 112 g/mol. The van der Waals surface area contributed by atoms with Crippen LogP contribution in [-0.4, -0.2) is 4.98 Å². The van der Waals surface area contributed by atoms with Crippen molar-refractivity contribution < 1.29 is 4.57 Å². The predicted molar refractivity (Wildman–Crippen MR) is 36.1 cm³/mol. The summed E-state index contributed by atoms with van der Waals surface area (Å²) in [6, 6.07) is 0. The molecule has 1 aromatic rings. The van der Waals surface area contributed by atoms with Crippen molar-refractivity contribution in [3.05, 3.63) is 17.7 Å². The Hall–Kier alpha value is -0.790. The molecule has 0 amide bonds. The number of nitrogens with zero attached hydrogens (tertiary/aromatic N) is 1. The van der Waals surface area contributed by atoms with Gasteiger partial charge in [-0.15, -0.1) is 0 Å². The van der Waals surface area contributed by atoms with Gasteiger partial charge < -0.3 is 0 Å². The monoisotopic (exact) mass is 125 g/mol. The van der Waals surface area contributed by atoms with Crippen LogP contribution in [0.15, 0.2) is 6.20 Å². The normalized spacial score (nSPS) is 10.1. The van der Waals surface area contributed by atoms with Gasteiger partial charge in [0.1, 0.15) is 11.9 Å². The summed E-state index contributed by atoms with van der Waals surface area (Å²) in [4.78, 5) is 3.26. The molecule has 9 heavy (non-hydrogen) atoms. The lowest BCUT2D eigenvalue weighted by atomic mass is 10.5. The minimum atomic E-state index is 1.07. The number of aryl methyl sites for hydroxylation is 3. The van der Waals surface area contributed by atoms with Gasteiger partial charge in [0.15, 0.2) is 0 Å². The molecule has 1 rings (SSSR count). The molecule has 1 aromatic heterocycles. The second-order valence-corrected chi connectivity index (χ2v) is 2.35. The van der Waals surface area contributed by atoms with Crippen LogP contribution >= 0.6 is 0 Å². The van der Waals surface area contributed by atoms with E-state index in [2.05, 4.69) is 36.6 Å². The van der Waals surface area contributed by atoms with Crippen molar-refractivity contribution in [2.24, 2.45) is 7.05 Å². The Balaban J connectivity index is 3.01. The highest BCUT2D eigenvalue weighted by molar-refractivity contribution is 4.89. The molecule has 2 heteroatoms. The van der Waals surface area contributed by atoms with E-state index in [1.807, 2.05) is 0 Å². The molecule has 50 valence electrons. The number of rotatable bonds is 1. The summed E-state index contributed by atoms with van der Waals surface area (Å²) in [6.45, 7) is 4.21. The summed E-state index contributed by atoms with van der Waals surface area (Å²) in [7, 11) is 2.06. The molecule has 0 aliphatic carbocycles. The zero-order valence-electron chi connectivity index (χ0n) is 6.23. The third-order valence-corrected chi connectivity index (χ3v) is 1.49. The molecule has 0 radical (unpaired) electrons. The SMILES string of the molecule is CCc1[nH]c(C)c[n+]1C. The van der Waals surface area contributed by atoms with Crippen molar-refractivity contribution in [1.29, 1.82) is 0 Å². The highest BCUT2D eigenvalue weighted by Crippen LogP contribution is 1.90. The van der Waals surface area contributed by atoms with Crippen molar-refractivity contribution in [2.75, 3.05) is 0 Å². The average molecular weight is 125 g/mol. The van der Waals surface area contributed by atoms with E-state index in [1.54, 1.807) is 0 Å². The molecule has 0 unspecified atom stereocenters. The van der Waals surface area contributed by atoms with E-state index in [9.17, 15) is 0 Å². The van der Waals surface area contributed by atoms with Crippen LogP contribution in [0.5, 0.6) is 0 Å². The first-order valence-corrected chi connectivity index (χ1v) is 3.28. The molecule has 1 N–H and O–H groups in total. The largest absolute Gasteiger partial charge is 0.253 e. The molecule has 0 saturated heterocycles. The number of imidazole rings is 1. The molecule has 1 heterocycles. The van der Waals surface area contributed by atoms with Crippen molar-refractivity contribution in [3.8, 4) is 0 Å². The fourth-order valence-corrected chi connectivity index (χ4v) is 1.05. The third kappa shape index (κ3) is 1.12. The van der Waals surface area contributed by atoms with Crippen LogP contribution in [0.3, 0.4) is 0 Å². The summed E-state index contributed by atoms with van der Waals surface area (Å²) in [5, 5.41) is 0. The third-order valence-electron chi connectivity index (χ3n) is 1.49. The van der Waals surface area contributed by atoms with Crippen molar-refractivity contribution in [2.45, 2.75) is 20.3 Å². The lowest BCUT2D eigenvalue weighted by Gasteiger charge is -1.83. The second kappa shape index (κ2) is 2.21. The Morgan fingerprint density at radius 3 is 2.56 bits per heavy atom. The summed E-state index contributed by atoms with van der Waals surface area (Å²) in [5.74, 6) is 1.28. The van der Waals surface area contributed by atoms with Gasteiger partial charge in [0.05, 0.1) is 7.05 Å². The van der Waals surface area contributed by atoms with Crippen molar-refractivity contribution in [3.63, 3.8) is 0 Å². The number of aromatic nitrogens is 2. The first-order valence-electron chi connectivity index (χ1n) is 3.28. The zero-order valence-corrected chi connectivity index (χ0v) is 6.23. The predicted octanol–water partition coefficient (Wildman–Crippen LogP) is 0.710. The number of H-pyrrole nitrogens is 1. The molecule has 0 aliphatic heterocycles. The van der Waals surface area contributed by atoms with E-state index >= 15 is 0 Å². The highest BCUT2D eigenvalue weighted by Gasteiger charge is 2.04. The number of nitrogens with one attached hydrogen (secondary N) is 1. The van der Waals surface area contributed by atoms with Gasteiger partial charge in [-0.05, 0) is 0 Å². The van der Waals surface area contributed by atoms with E-state index < -0.39 is 0 Å². The smallest absolute Gasteiger partial charge is 0.245 e. The second-order valence-electron chi connectivity index (χ2n) is 2.35. The minimum Gasteiger partial charge on any atom is -0.245 e. The van der Waals surface area contributed by atoms with E-state index in [1.165, 1.54) is 11.5 Å². The fraction of sp³-hybridized carbons (Fsp3) is 0.571. The van der Waals surface area contributed by atoms with E-state index in [-0.39, 0.29) is 0 Å². The van der Waals surface area contributed by atoms with Gasteiger partial charge >= 0.3 is 0 Å². The molecule has 0 bridgehead atoms. The fourth-order valence-electron chi connectivity index (χ4n) is 1.05. The Labute approximate surface area is 55.5 Å². The number of hydrogen-bond donors (Lipinski definition) is 1. The Morgan fingerprint density at radius 2 is 2.33 bits per heavy atom. The molecule has 2 nitrogen and oxygen atoms in total. The topological polar surface area (TPSA) is 19.7 Å². The molecule has 0 aromatic carbocycles. The summed E-state index contributed by atoms with van der Waals surface area (Å²) >= 11 is 0. The molecule has 0 atom stereocenters. The van der Waals surface area contributed by atoms with Crippen LogP contribution < -0.4 is 4.57 Å². The van der Waals surface area contributed by atoms with Crippen LogP contribution in [0.1, 0.15) is 18.4 Å². The quantitative estimate of drug-likeness (QED) is 0.533. The van der Waals surface area contributed by atoms with Gasteiger partial charge in [0.25, 0.3) is 5.82 Å². The first-order chi connectivity index (χ1) is 4.24. The summed E-state index contributed by atoms with van der Waals surface area (Å²) < 4.78 is 2.12. The molecule has 0 aliphatic rings. The average Bonchev–Trinajstić information content (AvgIpc) is 2.10. The maximum absolute atomic E-state index is 3.26. The first kappa shape index (κ1) is 6.33. The molecule has 0 fully saturated rings. The van der Waals surface area contributed by atoms with Gasteiger partial charge in [-0.2, -0.15) is 0 Å². The highest BCUT2D eigenvalue weighted by atomic mass is 15.0. The lowest BCUT2D eigenvalue weighted by molar-refractivity contribution is -0.677. The van der Waals surface area contributed by atoms with Gasteiger partial charge in [0, 0.05) is 13.3 Å². The van der Waals surface area contributed by atoms with Gasteiger partial charge in [-0.1, -0.05) is 6.92 Å². The van der Waals surface area contributed by atoms with E-state index in [0.29, 0.717) is 0 Å². The lowest BCUT2D eigenvalue weighted by Crippen LogP contribution is -2.29. The molecule has 0 spiro atoms. The van der Waals surface area contributed by atoms with Crippen molar-refractivity contribution in [1.82, 2.24) is 4.98 Å². The van der Waals surface area contributed by atoms with Gasteiger partial charge in [-0.25, -0.2) is 9.55 Å². The van der Waals surface area contributed by atoms with Crippen molar-refractivity contribution >= 4 is 0 Å². The Morgan fingerprint density at radius 1 is 1.67 bits per heavy atom. The summed E-state index contributed by atoms with van der Waals surface area (Å²) in [5.41, 5.74) is 1.23. The van der Waals surface area contributed by atoms with Crippen LogP contribution in [0.25, 0.3) is 0 Å². The van der Waals surface area contributed by atoms with E-state index in [4.69, 9.17) is 0 Å².